The second-order valence-electron chi connectivity index (χ2n) is 5.37. The van der Waals surface area contributed by atoms with E-state index in [1.165, 1.54) is 0 Å². The Morgan fingerprint density at radius 2 is 2.21 bits per heavy atom. The average molecular weight is 266 g/mol. The van der Waals surface area contributed by atoms with Crippen molar-refractivity contribution in [1.29, 1.82) is 0 Å². The monoisotopic (exact) mass is 266 g/mol. The Morgan fingerprint density at radius 3 is 2.79 bits per heavy atom. The Labute approximate surface area is 113 Å². The second kappa shape index (κ2) is 6.17. The molecule has 0 aromatic heterocycles. The fourth-order valence-electron chi connectivity index (χ4n) is 2.29. The van der Waals surface area contributed by atoms with Gasteiger partial charge in [0.15, 0.2) is 0 Å². The number of hydrogen-bond acceptors (Lipinski definition) is 3. The quantitative estimate of drug-likeness (QED) is 0.413. The van der Waals surface area contributed by atoms with Gasteiger partial charge in [-0.05, 0) is 43.8 Å². The first-order chi connectivity index (χ1) is 8.74. The first kappa shape index (κ1) is 15.7. The zero-order valence-corrected chi connectivity index (χ0v) is 11.6. The van der Waals surface area contributed by atoms with Crippen LogP contribution in [0.15, 0.2) is 35.5 Å². The summed E-state index contributed by atoms with van der Waals surface area (Å²) in [6, 6.07) is 0. The van der Waals surface area contributed by atoms with E-state index >= 15 is 0 Å². The maximum Gasteiger partial charge on any atom is 0.328 e. The average Bonchev–Trinajstić information content (AvgIpc) is 2.25. The summed E-state index contributed by atoms with van der Waals surface area (Å²) >= 11 is 0. The van der Waals surface area contributed by atoms with E-state index in [0.29, 0.717) is 18.4 Å². The normalized spacial score (nSPS) is 32.5. The van der Waals surface area contributed by atoms with Gasteiger partial charge < -0.3 is 15.3 Å². The Hall–Kier alpha value is -1.39. The molecule has 0 fully saturated rings. The van der Waals surface area contributed by atoms with E-state index in [1.54, 1.807) is 32.1 Å². The summed E-state index contributed by atoms with van der Waals surface area (Å²) in [7, 11) is 0. The van der Waals surface area contributed by atoms with Gasteiger partial charge in [-0.25, -0.2) is 4.79 Å². The van der Waals surface area contributed by atoms with Crippen molar-refractivity contribution in [2.45, 2.75) is 45.3 Å². The molecule has 3 atom stereocenters. The number of hydrogen-bond donors (Lipinski definition) is 3. The lowest BCUT2D eigenvalue weighted by molar-refractivity contribution is -0.131. The number of rotatable bonds is 4. The highest BCUT2D eigenvalue weighted by molar-refractivity contribution is 5.81. The fraction of sp³-hybridized carbons (Fsp3) is 0.533. The van der Waals surface area contributed by atoms with Crippen molar-refractivity contribution in [1.82, 2.24) is 0 Å². The van der Waals surface area contributed by atoms with Gasteiger partial charge >= 0.3 is 5.97 Å². The first-order valence-electron chi connectivity index (χ1n) is 6.42. The van der Waals surface area contributed by atoms with Crippen LogP contribution in [0.2, 0.25) is 0 Å². The van der Waals surface area contributed by atoms with Crippen LogP contribution in [-0.4, -0.2) is 33.0 Å². The van der Waals surface area contributed by atoms with Crippen LogP contribution in [0.1, 0.15) is 33.6 Å². The van der Waals surface area contributed by atoms with Crippen molar-refractivity contribution >= 4 is 5.97 Å². The highest BCUT2D eigenvalue weighted by Gasteiger charge is 2.36. The van der Waals surface area contributed by atoms with Crippen LogP contribution >= 0.6 is 0 Å². The van der Waals surface area contributed by atoms with Gasteiger partial charge in [0.05, 0.1) is 11.7 Å². The van der Waals surface area contributed by atoms with Crippen LogP contribution < -0.4 is 0 Å². The lowest BCUT2D eigenvalue weighted by Gasteiger charge is -2.37. The second-order valence-corrected chi connectivity index (χ2v) is 5.37. The Bertz CT molecular complexity index is 433. The summed E-state index contributed by atoms with van der Waals surface area (Å²) in [4.78, 5) is 10.5. The van der Waals surface area contributed by atoms with Crippen LogP contribution in [-0.2, 0) is 4.79 Å². The van der Waals surface area contributed by atoms with Gasteiger partial charge in [-0.2, -0.15) is 0 Å². The summed E-state index contributed by atoms with van der Waals surface area (Å²) in [5.41, 5.74) is 0.440. The van der Waals surface area contributed by atoms with E-state index in [4.69, 9.17) is 5.11 Å². The zero-order chi connectivity index (χ0) is 14.6. The standard InChI is InChI=1S/C15H22O4/c1-10(7-14(17)18)5-4-6-15(19)9-11(2)13(16)8-12(15)3/h4-5,7,9,12-13,16,19H,6,8H2,1-3H3,(H,17,18). The maximum absolute atomic E-state index is 10.5. The molecule has 0 saturated carbocycles. The minimum atomic E-state index is -0.981. The molecule has 106 valence electrons. The highest BCUT2D eigenvalue weighted by Crippen LogP contribution is 2.34. The van der Waals surface area contributed by atoms with Crippen molar-refractivity contribution in [3.63, 3.8) is 0 Å². The Kier molecular flexibility index (Phi) is 5.09. The van der Waals surface area contributed by atoms with E-state index in [1.807, 2.05) is 6.92 Å². The van der Waals surface area contributed by atoms with Gasteiger partial charge in [-0.15, -0.1) is 0 Å². The molecular formula is C15H22O4. The third kappa shape index (κ3) is 4.33. The summed E-state index contributed by atoms with van der Waals surface area (Å²) in [5.74, 6) is -1.02. The zero-order valence-electron chi connectivity index (χ0n) is 11.6. The van der Waals surface area contributed by atoms with Crippen molar-refractivity contribution in [3.05, 3.63) is 35.5 Å². The smallest absolute Gasteiger partial charge is 0.328 e. The summed E-state index contributed by atoms with van der Waals surface area (Å²) in [5, 5.41) is 28.9. The third-order valence-corrected chi connectivity index (χ3v) is 3.61. The first-order valence-corrected chi connectivity index (χ1v) is 6.42. The molecule has 3 unspecified atom stereocenters. The van der Waals surface area contributed by atoms with E-state index in [0.717, 1.165) is 11.6 Å². The van der Waals surface area contributed by atoms with E-state index < -0.39 is 17.7 Å². The molecule has 4 nitrogen and oxygen atoms in total. The minimum absolute atomic E-state index is 0.0420. The van der Waals surface area contributed by atoms with Gasteiger partial charge in [0, 0.05) is 6.08 Å². The molecule has 0 aromatic carbocycles. The van der Waals surface area contributed by atoms with Crippen LogP contribution in [0.5, 0.6) is 0 Å². The molecule has 0 aromatic rings. The van der Waals surface area contributed by atoms with Crippen molar-refractivity contribution < 1.29 is 20.1 Å². The number of carboxylic acid groups (broad SMARTS) is 1. The predicted octanol–water partition coefficient (Wildman–Crippen LogP) is 2.04. The predicted molar refractivity (Wildman–Crippen MR) is 73.6 cm³/mol. The van der Waals surface area contributed by atoms with Crippen LogP contribution in [0.3, 0.4) is 0 Å². The van der Waals surface area contributed by atoms with Gasteiger partial charge in [0.1, 0.15) is 0 Å². The van der Waals surface area contributed by atoms with Crippen molar-refractivity contribution in [3.8, 4) is 0 Å². The Morgan fingerprint density at radius 1 is 1.58 bits per heavy atom. The number of allylic oxidation sites excluding steroid dienone is 2. The van der Waals surface area contributed by atoms with Gasteiger partial charge in [0.2, 0.25) is 0 Å². The molecule has 3 N–H and O–H groups in total. The van der Waals surface area contributed by atoms with Crippen LogP contribution in [0, 0.1) is 5.92 Å². The van der Waals surface area contributed by atoms with Crippen molar-refractivity contribution in [2.75, 3.05) is 0 Å². The largest absolute Gasteiger partial charge is 0.478 e. The SMILES string of the molecule is CC(C=CCC1(O)C=C(C)C(O)CC1C)=CC(=O)O. The molecule has 0 heterocycles. The number of carbonyl (C=O) groups is 1. The molecule has 0 bridgehead atoms. The molecular weight excluding hydrogens is 244 g/mol. The molecule has 0 aliphatic heterocycles. The lowest BCUT2D eigenvalue weighted by Crippen LogP contribution is -2.40. The molecule has 19 heavy (non-hydrogen) atoms. The summed E-state index contributed by atoms with van der Waals surface area (Å²) in [6.45, 7) is 5.41. The molecule has 4 heteroatoms. The molecule has 0 radical (unpaired) electrons. The van der Waals surface area contributed by atoms with Gasteiger partial charge in [-0.3, -0.25) is 0 Å². The summed E-state index contributed by atoms with van der Waals surface area (Å²) < 4.78 is 0. The van der Waals surface area contributed by atoms with Gasteiger partial charge in [0.25, 0.3) is 0 Å². The Balaban J connectivity index is 2.76. The van der Waals surface area contributed by atoms with Crippen LogP contribution in [0.4, 0.5) is 0 Å². The molecule has 0 amide bonds. The third-order valence-electron chi connectivity index (χ3n) is 3.61. The number of carboxylic acids is 1. The topological polar surface area (TPSA) is 77.8 Å². The summed E-state index contributed by atoms with van der Waals surface area (Å²) in [6.07, 6.45) is 6.76. The highest BCUT2D eigenvalue weighted by atomic mass is 16.4. The number of aliphatic hydroxyl groups excluding tert-OH is 1. The molecule has 1 rings (SSSR count). The van der Waals surface area contributed by atoms with E-state index in [-0.39, 0.29) is 5.92 Å². The van der Waals surface area contributed by atoms with Gasteiger partial charge in [-0.1, -0.05) is 25.2 Å². The number of aliphatic carboxylic acids is 1. The van der Waals surface area contributed by atoms with Crippen molar-refractivity contribution in [2.24, 2.45) is 5.92 Å². The maximum atomic E-state index is 10.5. The molecule has 1 aliphatic rings. The molecule has 0 saturated heterocycles. The van der Waals surface area contributed by atoms with Crippen LogP contribution in [0.25, 0.3) is 0 Å². The fourth-order valence-corrected chi connectivity index (χ4v) is 2.29. The molecule has 0 spiro atoms. The lowest BCUT2D eigenvalue weighted by atomic mass is 9.75. The van der Waals surface area contributed by atoms with E-state index in [9.17, 15) is 15.0 Å². The minimum Gasteiger partial charge on any atom is -0.478 e. The van der Waals surface area contributed by atoms with E-state index in [2.05, 4.69) is 0 Å². The number of aliphatic hydroxyl groups is 2. The molecule has 1 aliphatic carbocycles.